The summed E-state index contributed by atoms with van der Waals surface area (Å²) >= 11 is 0. The number of anilines is 1. The average Bonchev–Trinajstić information content (AvgIpc) is 2.83. The highest BCUT2D eigenvalue weighted by molar-refractivity contribution is 5.60. The largest absolute Gasteiger partial charge is 0.368 e. The smallest absolute Gasteiger partial charge is 0.0404 e. The first-order chi connectivity index (χ1) is 9.28. The van der Waals surface area contributed by atoms with Crippen LogP contribution in [-0.4, -0.2) is 37.1 Å². The van der Waals surface area contributed by atoms with E-state index >= 15 is 0 Å². The maximum absolute atomic E-state index is 2.69. The molecule has 1 fully saturated rings. The quantitative estimate of drug-likeness (QED) is 0.821. The standard InChI is InChI=1S/C17H26N2/c1-3-9-18-10-7-16(8-11-18)19-12-6-15-5-4-14(2)13-17(15)19/h4-5,13,16H,3,6-12H2,1-2H3. The van der Waals surface area contributed by atoms with Gasteiger partial charge in [0.25, 0.3) is 0 Å². The van der Waals surface area contributed by atoms with Crippen molar-refractivity contribution < 1.29 is 0 Å². The fraction of sp³-hybridized carbons (Fsp3) is 0.647. The molecule has 1 saturated heterocycles. The Kier molecular flexibility index (Phi) is 3.79. The van der Waals surface area contributed by atoms with Crippen molar-refractivity contribution in [2.24, 2.45) is 0 Å². The molecule has 0 bridgehead atoms. The molecule has 1 aromatic rings. The third-order valence-electron chi connectivity index (χ3n) is 4.71. The summed E-state index contributed by atoms with van der Waals surface area (Å²) in [6.45, 7) is 9.58. The number of nitrogens with zero attached hydrogens (tertiary/aromatic N) is 2. The van der Waals surface area contributed by atoms with E-state index < -0.39 is 0 Å². The molecule has 2 nitrogen and oxygen atoms in total. The van der Waals surface area contributed by atoms with Crippen molar-refractivity contribution in [3.05, 3.63) is 29.3 Å². The minimum absolute atomic E-state index is 0.774. The highest BCUT2D eigenvalue weighted by Gasteiger charge is 2.28. The lowest BCUT2D eigenvalue weighted by Crippen LogP contribution is -2.44. The highest BCUT2D eigenvalue weighted by atomic mass is 15.2. The number of piperidine rings is 1. The van der Waals surface area contributed by atoms with E-state index in [0.29, 0.717) is 0 Å². The van der Waals surface area contributed by atoms with Gasteiger partial charge in [-0.2, -0.15) is 0 Å². The summed E-state index contributed by atoms with van der Waals surface area (Å²) in [5, 5.41) is 0. The van der Waals surface area contributed by atoms with Crippen molar-refractivity contribution in [3.8, 4) is 0 Å². The number of fused-ring (bicyclic) bond motifs is 1. The van der Waals surface area contributed by atoms with Gasteiger partial charge in [-0.1, -0.05) is 19.1 Å². The normalized spacial score (nSPS) is 20.8. The third-order valence-corrected chi connectivity index (χ3v) is 4.71. The Morgan fingerprint density at radius 3 is 2.68 bits per heavy atom. The SMILES string of the molecule is CCCN1CCC(N2CCc3ccc(C)cc32)CC1. The van der Waals surface area contributed by atoms with Gasteiger partial charge in [0.15, 0.2) is 0 Å². The molecule has 0 spiro atoms. The summed E-state index contributed by atoms with van der Waals surface area (Å²) in [6.07, 6.45) is 5.21. The summed E-state index contributed by atoms with van der Waals surface area (Å²) in [5.74, 6) is 0. The lowest BCUT2D eigenvalue weighted by atomic mass is 10.0. The van der Waals surface area contributed by atoms with Crippen LogP contribution in [-0.2, 0) is 6.42 Å². The Morgan fingerprint density at radius 2 is 1.95 bits per heavy atom. The maximum Gasteiger partial charge on any atom is 0.0404 e. The van der Waals surface area contributed by atoms with Gasteiger partial charge in [-0.3, -0.25) is 0 Å². The van der Waals surface area contributed by atoms with Crippen LogP contribution in [0.4, 0.5) is 5.69 Å². The van der Waals surface area contributed by atoms with E-state index in [0.717, 1.165) is 6.04 Å². The summed E-state index contributed by atoms with van der Waals surface area (Å²) in [5.41, 5.74) is 4.48. The second-order valence-corrected chi connectivity index (χ2v) is 6.15. The predicted molar refractivity (Wildman–Crippen MR) is 82.0 cm³/mol. The molecule has 2 heteroatoms. The van der Waals surface area contributed by atoms with Crippen molar-refractivity contribution in [1.82, 2.24) is 4.90 Å². The monoisotopic (exact) mass is 258 g/mol. The summed E-state index contributed by atoms with van der Waals surface area (Å²) in [7, 11) is 0. The van der Waals surface area contributed by atoms with Gasteiger partial charge in [-0.05, 0) is 56.3 Å². The third kappa shape index (κ3) is 2.64. The molecule has 2 aliphatic heterocycles. The van der Waals surface area contributed by atoms with E-state index in [1.165, 1.54) is 63.1 Å². The second kappa shape index (κ2) is 5.54. The van der Waals surface area contributed by atoms with Gasteiger partial charge < -0.3 is 9.80 Å². The van der Waals surface area contributed by atoms with Crippen LogP contribution in [0.15, 0.2) is 18.2 Å². The Hall–Kier alpha value is -1.02. The van der Waals surface area contributed by atoms with Crippen LogP contribution in [0.5, 0.6) is 0 Å². The Labute approximate surface area is 117 Å². The fourth-order valence-electron chi connectivity index (χ4n) is 3.66. The number of hydrogen-bond acceptors (Lipinski definition) is 2. The Balaban J connectivity index is 1.68. The zero-order valence-corrected chi connectivity index (χ0v) is 12.4. The van der Waals surface area contributed by atoms with Gasteiger partial charge >= 0.3 is 0 Å². The number of hydrogen-bond donors (Lipinski definition) is 0. The molecule has 0 saturated carbocycles. The summed E-state index contributed by atoms with van der Waals surface area (Å²) in [4.78, 5) is 5.31. The zero-order chi connectivity index (χ0) is 13.2. The molecule has 1 aromatic carbocycles. The van der Waals surface area contributed by atoms with Crippen LogP contribution in [0.2, 0.25) is 0 Å². The topological polar surface area (TPSA) is 6.48 Å². The lowest BCUT2D eigenvalue weighted by molar-refractivity contribution is 0.210. The maximum atomic E-state index is 2.69. The van der Waals surface area contributed by atoms with Crippen LogP contribution in [0.3, 0.4) is 0 Å². The second-order valence-electron chi connectivity index (χ2n) is 6.15. The van der Waals surface area contributed by atoms with E-state index in [9.17, 15) is 0 Å². The zero-order valence-electron chi connectivity index (χ0n) is 12.4. The molecule has 0 aromatic heterocycles. The molecule has 0 atom stereocenters. The van der Waals surface area contributed by atoms with Gasteiger partial charge in [-0.25, -0.2) is 0 Å². The molecule has 0 aliphatic carbocycles. The van der Waals surface area contributed by atoms with Gasteiger partial charge in [0.05, 0.1) is 0 Å². The van der Waals surface area contributed by atoms with Crippen LogP contribution in [0.25, 0.3) is 0 Å². The van der Waals surface area contributed by atoms with Crippen molar-refractivity contribution >= 4 is 5.69 Å². The molecule has 0 radical (unpaired) electrons. The first kappa shape index (κ1) is 13.0. The minimum Gasteiger partial charge on any atom is -0.368 e. The predicted octanol–water partition coefficient (Wildman–Crippen LogP) is 3.23. The van der Waals surface area contributed by atoms with Gasteiger partial charge in [0.1, 0.15) is 0 Å². The molecular weight excluding hydrogens is 232 g/mol. The highest BCUT2D eigenvalue weighted by Crippen LogP contribution is 2.33. The van der Waals surface area contributed by atoms with Crippen molar-refractivity contribution in [2.75, 3.05) is 31.1 Å². The Morgan fingerprint density at radius 1 is 1.16 bits per heavy atom. The van der Waals surface area contributed by atoms with Crippen LogP contribution < -0.4 is 4.90 Å². The molecule has 2 aliphatic rings. The molecular formula is C17H26N2. The van der Waals surface area contributed by atoms with Crippen LogP contribution >= 0.6 is 0 Å². The molecule has 19 heavy (non-hydrogen) atoms. The van der Waals surface area contributed by atoms with Crippen molar-refractivity contribution in [2.45, 2.75) is 45.6 Å². The number of rotatable bonds is 3. The molecule has 0 unspecified atom stereocenters. The van der Waals surface area contributed by atoms with E-state index in [2.05, 4.69) is 41.8 Å². The van der Waals surface area contributed by atoms with Crippen molar-refractivity contribution in [3.63, 3.8) is 0 Å². The molecule has 0 amide bonds. The van der Waals surface area contributed by atoms with Gasteiger partial charge in [-0.15, -0.1) is 0 Å². The fourth-order valence-corrected chi connectivity index (χ4v) is 3.66. The van der Waals surface area contributed by atoms with E-state index in [1.807, 2.05) is 0 Å². The molecule has 0 N–H and O–H groups in total. The minimum atomic E-state index is 0.774. The van der Waals surface area contributed by atoms with Gasteiger partial charge in [0.2, 0.25) is 0 Å². The summed E-state index contributed by atoms with van der Waals surface area (Å²) < 4.78 is 0. The number of aryl methyl sites for hydroxylation is 1. The van der Waals surface area contributed by atoms with E-state index in [-0.39, 0.29) is 0 Å². The van der Waals surface area contributed by atoms with E-state index in [1.54, 1.807) is 5.56 Å². The van der Waals surface area contributed by atoms with Crippen LogP contribution in [0.1, 0.15) is 37.3 Å². The first-order valence-electron chi connectivity index (χ1n) is 7.86. The number of likely N-dealkylation sites (tertiary alicyclic amines) is 1. The molecule has 2 heterocycles. The van der Waals surface area contributed by atoms with Crippen molar-refractivity contribution in [1.29, 1.82) is 0 Å². The van der Waals surface area contributed by atoms with Crippen LogP contribution in [0, 0.1) is 6.92 Å². The number of benzene rings is 1. The molecule has 104 valence electrons. The Bertz CT molecular complexity index is 433. The summed E-state index contributed by atoms with van der Waals surface area (Å²) in [6, 6.07) is 7.75. The first-order valence-corrected chi connectivity index (χ1v) is 7.86. The molecule has 3 rings (SSSR count). The average molecular weight is 258 g/mol. The van der Waals surface area contributed by atoms with E-state index in [4.69, 9.17) is 0 Å². The van der Waals surface area contributed by atoms with Gasteiger partial charge in [0, 0.05) is 31.4 Å². The lowest BCUT2D eigenvalue weighted by Gasteiger charge is -2.38.